The molecule has 1 aromatic carbocycles. The van der Waals surface area contributed by atoms with Gasteiger partial charge in [0, 0.05) is 10.9 Å². The maximum absolute atomic E-state index is 11.7. The van der Waals surface area contributed by atoms with E-state index < -0.39 is 0 Å². The van der Waals surface area contributed by atoms with Crippen molar-refractivity contribution in [1.29, 1.82) is 5.26 Å². The lowest BCUT2D eigenvalue weighted by Gasteiger charge is -2.07. The van der Waals surface area contributed by atoms with Crippen LogP contribution in [0.5, 0.6) is 0 Å². The van der Waals surface area contributed by atoms with Gasteiger partial charge >= 0.3 is 0 Å². The minimum absolute atomic E-state index is 0.127. The summed E-state index contributed by atoms with van der Waals surface area (Å²) in [5.74, 6) is 0.460. The first-order valence-electron chi connectivity index (χ1n) is 6.79. The third kappa shape index (κ3) is 4.09. The topological polar surface area (TPSA) is 65.8 Å². The third-order valence-electron chi connectivity index (χ3n) is 3.27. The van der Waals surface area contributed by atoms with E-state index in [2.05, 4.69) is 43.2 Å². The molecule has 1 heterocycles. The van der Waals surface area contributed by atoms with Crippen LogP contribution in [0.2, 0.25) is 0 Å². The molecular formula is C16H17N3OS2. The number of aromatic nitrogens is 1. The number of thioether (sulfide) groups is 1. The molecule has 1 amide bonds. The number of anilines is 1. The van der Waals surface area contributed by atoms with E-state index in [1.165, 1.54) is 39.8 Å². The van der Waals surface area contributed by atoms with Crippen molar-refractivity contribution in [3.05, 3.63) is 34.2 Å². The quantitative estimate of drug-likeness (QED) is 0.843. The van der Waals surface area contributed by atoms with Crippen LogP contribution in [-0.4, -0.2) is 22.4 Å². The van der Waals surface area contributed by atoms with Gasteiger partial charge in [0.1, 0.15) is 0 Å². The summed E-state index contributed by atoms with van der Waals surface area (Å²) >= 11 is 2.71. The van der Waals surface area contributed by atoms with E-state index in [-0.39, 0.29) is 11.7 Å². The number of nitrogens with zero attached hydrogens (tertiary/aromatic N) is 2. The van der Waals surface area contributed by atoms with E-state index in [4.69, 9.17) is 5.26 Å². The molecule has 0 fully saturated rings. The molecule has 2 aromatic rings. The van der Waals surface area contributed by atoms with E-state index >= 15 is 0 Å². The molecule has 0 saturated carbocycles. The summed E-state index contributed by atoms with van der Waals surface area (Å²) < 4.78 is 0. The molecule has 1 N–H and O–H groups in total. The highest BCUT2D eigenvalue weighted by Crippen LogP contribution is 2.29. The minimum atomic E-state index is -0.127. The molecule has 22 heavy (non-hydrogen) atoms. The number of carbonyl (C=O) groups excluding carboxylic acids is 1. The van der Waals surface area contributed by atoms with Gasteiger partial charge in [0.25, 0.3) is 0 Å². The molecule has 114 valence electrons. The fraction of sp³-hybridized carbons (Fsp3) is 0.312. The second-order valence-electron chi connectivity index (χ2n) is 4.99. The van der Waals surface area contributed by atoms with E-state index in [1.54, 1.807) is 0 Å². The zero-order valence-electron chi connectivity index (χ0n) is 12.8. The van der Waals surface area contributed by atoms with Crippen LogP contribution in [0.3, 0.4) is 0 Å². The van der Waals surface area contributed by atoms with E-state index in [0.717, 1.165) is 11.3 Å². The SMILES string of the molecule is Cc1cc(C)c(-c2csc(NC(=O)CSCC#N)n2)cc1C. The lowest BCUT2D eigenvalue weighted by Crippen LogP contribution is -2.14. The van der Waals surface area contributed by atoms with Crippen molar-refractivity contribution >= 4 is 34.1 Å². The number of nitriles is 1. The Labute approximate surface area is 138 Å². The van der Waals surface area contributed by atoms with Gasteiger partial charge in [0.2, 0.25) is 5.91 Å². The molecule has 1 aromatic heterocycles. The maximum Gasteiger partial charge on any atom is 0.236 e. The molecule has 0 bridgehead atoms. The predicted octanol–water partition coefficient (Wildman–Crippen LogP) is 3.93. The number of nitrogens with one attached hydrogen (secondary N) is 1. The van der Waals surface area contributed by atoms with Crippen molar-refractivity contribution in [3.8, 4) is 17.3 Å². The van der Waals surface area contributed by atoms with Crippen molar-refractivity contribution in [2.24, 2.45) is 0 Å². The predicted molar refractivity (Wildman–Crippen MR) is 93.3 cm³/mol. The van der Waals surface area contributed by atoms with Crippen LogP contribution in [0.4, 0.5) is 5.13 Å². The molecular weight excluding hydrogens is 314 g/mol. The van der Waals surface area contributed by atoms with Gasteiger partial charge in [-0.25, -0.2) is 4.98 Å². The van der Waals surface area contributed by atoms with Gasteiger partial charge in [0.15, 0.2) is 5.13 Å². The standard InChI is InChI=1S/C16H17N3OS2/c1-10-6-12(3)13(7-11(10)2)14-8-22-16(18-14)19-15(20)9-21-5-4-17/h6-8H,5,9H2,1-3H3,(H,18,19,20). The van der Waals surface area contributed by atoms with Crippen molar-refractivity contribution in [3.63, 3.8) is 0 Å². The van der Waals surface area contributed by atoms with Gasteiger partial charge in [-0.05, 0) is 43.5 Å². The summed E-state index contributed by atoms with van der Waals surface area (Å²) in [6.07, 6.45) is 0. The molecule has 6 heteroatoms. The van der Waals surface area contributed by atoms with Crippen molar-refractivity contribution < 1.29 is 4.79 Å². The van der Waals surface area contributed by atoms with E-state index in [9.17, 15) is 4.79 Å². The van der Waals surface area contributed by atoms with Crippen LogP contribution in [-0.2, 0) is 4.79 Å². The molecule has 4 nitrogen and oxygen atoms in total. The van der Waals surface area contributed by atoms with Crippen molar-refractivity contribution in [1.82, 2.24) is 4.98 Å². The maximum atomic E-state index is 11.7. The molecule has 0 unspecified atom stereocenters. The number of benzene rings is 1. The Morgan fingerprint density at radius 1 is 1.32 bits per heavy atom. The third-order valence-corrected chi connectivity index (χ3v) is 4.82. The molecule has 0 aliphatic carbocycles. The van der Waals surface area contributed by atoms with Crippen molar-refractivity contribution in [2.45, 2.75) is 20.8 Å². The highest BCUT2D eigenvalue weighted by Gasteiger charge is 2.11. The van der Waals surface area contributed by atoms with Crippen LogP contribution in [0, 0.1) is 32.1 Å². The van der Waals surface area contributed by atoms with Crippen LogP contribution >= 0.6 is 23.1 Å². The van der Waals surface area contributed by atoms with Crippen molar-refractivity contribution in [2.75, 3.05) is 16.8 Å². The summed E-state index contributed by atoms with van der Waals surface area (Å²) in [5.41, 5.74) is 5.65. The second-order valence-corrected chi connectivity index (χ2v) is 6.83. The number of thiazole rings is 1. The Kier molecular flexibility index (Phi) is 5.58. The Hall–Kier alpha value is -1.84. The number of hydrogen-bond acceptors (Lipinski definition) is 5. The Morgan fingerprint density at radius 2 is 2.05 bits per heavy atom. The van der Waals surface area contributed by atoms with Gasteiger partial charge in [-0.2, -0.15) is 5.26 Å². The number of carbonyl (C=O) groups is 1. The summed E-state index contributed by atoms with van der Waals surface area (Å²) in [4.78, 5) is 16.2. The summed E-state index contributed by atoms with van der Waals surface area (Å²) in [6, 6.07) is 6.29. The lowest BCUT2D eigenvalue weighted by molar-refractivity contribution is -0.113. The smallest absolute Gasteiger partial charge is 0.236 e. The largest absolute Gasteiger partial charge is 0.301 e. The van der Waals surface area contributed by atoms with Gasteiger partial charge in [-0.3, -0.25) is 4.79 Å². The molecule has 0 aliphatic heterocycles. The van der Waals surface area contributed by atoms with Crippen LogP contribution in [0.25, 0.3) is 11.3 Å². The Morgan fingerprint density at radius 3 is 2.77 bits per heavy atom. The lowest BCUT2D eigenvalue weighted by atomic mass is 9.99. The van der Waals surface area contributed by atoms with Crippen LogP contribution < -0.4 is 5.32 Å². The van der Waals surface area contributed by atoms with E-state index in [0.29, 0.717) is 10.9 Å². The number of amides is 1. The average Bonchev–Trinajstić information content (AvgIpc) is 2.91. The molecule has 2 rings (SSSR count). The Balaban J connectivity index is 2.10. The number of hydrogen-bond donors (Lipinski definition) is 1. The van der Waals surface area contributed by atoms with Gasteiger partial charge in [-0.1, -0.05) is 6.07 Å². The fourth-order valence-electron chi connectivity index (χ4n) is 2.04. The van der Waals surface area contributed by atoms with Gasteiger partial charge < -0.3 is 5.32 Å². The zero-order chi connectivity index (χ0) is 16.1. The van der Waals surface area contributed by atoms with Crippen LogP contribution in [0.15, 0.2) is 17.5 Å². The molecule has 0 spiro atoms. The Bertz CT molecular complexity index is 731. The first-order chi connectivity index (χ1) is 10.5. The number of aryl methyl sites for hydroxylation is 3. The summed E-state index contributed by atoms with van der Waals surface area (Å²) in [5, 5.41) is 13.8. The average molecular weight is 331 g/mol. The highest BCUT2D eigenvalue weighted by molar-refractivity contribution is 8.00. The fourth-order valence-corrected chi connectivity index (χ4v) is 3.21. The summed E-state index contributed by atoms with van der Waals surface area (Å²) in [7, 11) is 0. The zero-order valence-corrected chi connectivity index (χ0v) is 14.4. The van der Waals surface area contributed by atoms with Gasteiger partial charge in [-0.15, -0.1) is 23.1 Å². The van der Waals surface area contributed by atoms with Crippen LogP contribution in [0.1, 0.15) is 16.7 Å². The monoisotopic (exact) mass is 331 g/mol. The highest BCUT2D eigenvalue weighted by atomic mass is 32.2. The molecule has 0 aliphatic rings. The first kappa shape index (κ1) is 16.5. The molecule has 0 saturated heterocycles. The normalized spacial score (nSPS) is 10.3. The number of rotatable bonds is 5. The molecule has 0 atom stereocenters. The minimum Gasteiger partial charge on any atom is -0.301 e. The molecule has 0 radical (unpaired) electrons. The summed E-state index contributed by atoms with van der Waals surface area (Å²) in [6.45, 7) is 6.25. The first-order valence-corrected chi connectivity index (χ1v) is 8.83. The second kappa shape index (κ2) is 7.43. The van der Waals surface area contributed by atoms with E-state index in [1.807, 2.05) is 11.4 Å². The van der Waals surface area contributed by atoms with Gasteiger partial charge in [0.05, 0.1) is 23.3 Å².